The number of anilines is 1. The predicted octanol–water partition coefficient (Wildman–Crippen LogP) is 1.70. The lowest BCUT2D eigenvalue weighted by atomic mass is 10.2. The van der Waals surface area contributed by atoms with Crippen molar-refractivity contribution in [2.75, 3.05) is 18.2 Å². The number of carbonyl (C=O) groups excluding carboxylic acids is 2. The lowest BCUT2D eigenvalue weighted by Crippen LogP contribution is -2.24. The topological polar surface area (TPSA) is 122 Å². The van der Waals surface area contributed by atoms with Gasteiger partial charge in [-0.25, -0.2) is 0 Å². The molecule has 8 nitrogen and oxygen atoms in total. The van der Waals surface area contributed by atoms with E-state index in [1.54, 1.807) is 24.3 Å². The molecule has 1 amide bonds. The zero-order valence-electron chi connectivity index (χ0n) is 13.1. The highest BCUT2D eigenvalue weighted by molar-refractivity contribution is 8.00. The molecule has 0 aliphatic carbocycles. The van der Waals surface area contributed by atoms with Crippen LogP contribution in [0.25, 0.3) is 0 Å². The summed E-state index contributed by atoms with van der Waals surface area (Å²) in [6.45, 7) is 0. The SMILES string of the molecule is COc1ccccc1NC(=O)c1ccc(SCC(=O)[O-])c([N+](=O)[O-])c1. The summed E-state index contributed by atoms with van der Waals surface area (Å²) in [5.41, 5.74) is 0.141. The lowest BCUT2D eigenvalue weighted by Gasteiger charge is -2.10. The maximum Gasteiger partial charge on any atom is 0.283 e. The Hall–Kier alpha value is -3.07. The fourth-order valence-electron chi connectivity index (χ4n) is 2.00. The number of hydrogen-bond acceptors (Lipinski definition) is 7. The quantitative estimate of drug-likeness (QED) is 0.452. The number of amides is 1. The van der Waals surface area contributed by atoms with Gasteiger partial charge in [0.15, 0.2) is 0 Å². The molecule has 25 heavy (non-hydrogen) atoms. The molecule has 0 spiro atoms. The molecule has 0 aromatic heterocycles. The van der Waals surface area contributed by atoms with Gasteiger partial charge in [0, 0.05) is 17.4 Å². The van der Waals surface area contributed by atoms with Gasteiger partial charge in [-0.1, -0.05) is 12.1 Å². The minimum Gasteiger partial charge on any atom is -0.549 e. The Morgan fingerprint density at radius 3 is 2.60 bits per heavy atom. The van der Waals surface area contributed by atoms with Gasteiger partial charge in [0.2, 0.25) is 0 Å². The molecule has 2 aromatic carbocycles. The third kappa shape index (κ3) is 4.70. The minimum atomic E-state index is -1.34. The van der Waals surface area contributed by atoms with E-state index in [1.165, 1.54) is 19.2 Å². The van der Waals surface area contributed by atoms with Gasteiger partial charge < -0.3 is 20.0 Å². The van der Waals surface area contributed by atoms with Crippen molar-refractivity contribution in [3.63, 3.8) is 0 Å². The minimum absolute atomic E-state index is 0.0652. The van der Waals surface area contributed by atoms with Gasteiger partial charge in [-0.05, 0) is 24.3 Å². The van der Waals surface area contributed by atoms with Gasteiger partial charge in [-0.3, -0.25) is 14.9 Å². The smallest absolute Gasteiger partial charge is 0.283 e. The molecular weight excluding hydrogens is 348 g/mol. The fourth-order valence-corrected chi connectivity index (χ4v) is 2.72. The van der Waals surface area contributed by atoms with Crippen molar-refractivity contribution < 1.29 is 24.4 Å². The van der Waals surface area contributed by atoms with Crippen LogP contribution in [0.1, 0.15) is 10.4 Å². The molecule has 0 saturated heterocycles. The fraction of sp³-hybridized carbons (Fsp3) is 0.125. The number of nitro benzene ring substituents is 1. The number of carboxylic acid groups (broad SMARTS) is 1. The van der Waals surface area contributed by atoms with Crippen LogP contribution < -0.4 is 15.2 Å². The highest BCUT2D eigenvalue weighted by Crippen LogP contribution is 2.30. The molecule has 0 heterocycles. The van der Waals surface area contributed by atoms with Crippen molar-refractivity contribution in [1.29, 1.82) is 0 Å². The second-order valence-corrected chi connectivity index (χ2v) is 5.77. The Kier molecular flexibility index (Phi) is 5.96. The summed E-state index contributed by atoms with van der Waals surface area (Å²) in [6.07, 6.45) is 0. The summed E-state index contributed by atoms with van der Waals surface area (Å²) in [7, 11) is 1.46. The van der Waals surface area contributed by atoms with Gasteiger partial charge >= 0.3 is 0 Å². The van der Waals surface area contributed by atoms with Gasteiger partial charge in [-0.15, -0.1) is 11.8 Å². The van der Waals surface area contributed by atoms with Crippen molar-refractivity contribution in [1.82, 2.24) is 0 Å². The lowest BCUT2D eigenvalue weighted by molar-refractivity contribution is -0.387. The Bertz CT molecular complexity index is 824. The Morgan fingerprint density at radius 2 is 1.96 bits per heavy atom. The second kappa shape index (κ2) is 8.15. The summed E-state index contributed by atoms with van der Waals surface area (Å²) in [5, 5.41) is 24.3. The van der Waals surface area contributed by atoms with E-state index in [9.17, 15) is 24.8 Å². The number of nitrogens with one attached hydrogen (secondary N) is 1. The van der Waals surface area contributed by atoms with E-state index in [0.29, 0.717) is 11.4 Å². The number of hydrogen-bond donors (Lipinski definition) is 1. The molecule has 0 aliphatic heterocycles. The average Bonchev–Trinajstić information content (AvgIpc) is 2.60. The van der Waals surface area contributed by atoms with Crippen molar-refractivity contribution in [3.8, 4) is 5.75 Å². The first-order valence-corrected chi connectivity index (χ1v) is 7.96. The summed E-state index contributed by atoms with van der Waals surface area (Å²) >= 11 is 0.759. The van der Waals surface area contributed by atoms with Gasteiger partial charge in [-0.2, -0.15) is 0 Å². The second-order valence-electron chi connectivity index (χ2n) is 4.75. The molecule has 2 rings (SSSR count). The third-order valence-corrected chi connectivity index (χ3v) is 4.15. The molecule has 130 valence electrons. The average molecular weight is 361 g/mol. The number of thioether (sulfide) groups is 1. The summed E-state index contributed by atoms with van der Waals surface area (Å²) in [4.78, 5) is 33.5. The van der Waals surface area contributed by atoms with Gasteiger partial charge in [0.1, 0.15) is 5.75 Å². The van der Waals surface area contributed by atoms with Crippen molar-refractivity contribution in [2.45, 2.75) is 4.90 Å². The monoisotopic (exact) mass is 361 g/mol. The van der Waals surface area contributed by atoms with E-state index in [4.69, 9.17) is 4.74 Å². The summed E-state index contributed by atoms with van der Waals surface area (Å²) < 4.78 is 5.13. The first kappa shape index (κ1) is 18.3. The number of ether oxygens (including phenoxy) is 1. The van der Waals surface area contributed by atoms with Crippen LogP contribution in [0.15, 0.2) is 47.4 Å². The number of carboxylic acids is 1. The van der Waals surface area contributed by atoms with Crippen LogP contribution in [0.5, 0.6) is 5.75 Å². The molecule has 0 bridgehead atoms. The van der Waals surface area contributed by atoms with Crippen molar-refractivity contribution in [2.24, 2.45) is 0 Å². The zero-order valence-corrected chi connectivity index (χ0v) is 13.9. The maximum atomic E-state index is 12.3. The molecule has 0 fully saturated rings. The molecule has 9 heteroatoms. The highest BCUT2D eigenvalue weighted by atomic mass is 32.2. The van der Waals surface area contributed by atoms with Gasteiger partial charge in [0.05, 0.1) is 28.6 Å². The number of methoxy groups -OCH3 is 1. The van der Waals surface area contributed by atoms with E-state index in [-0.39, 0.29) is 16.1 Å². The molecular formula is C16H13N2O6S-. The Morgan fingerprint density at radius 1 is 1.24 bits per heavy atom. The normalized spacial score (nSPS) is 10.1. The molecule has 0 unspecified atom stereocenters. The molecule has 0 radical (unpaired) electrons. The zero-order chi connectivity index (χ0) is 18.4. The number of aliphatic carboxylic acids is 1. The molecule has 0 saturated carbocycles. The van der Waals surface area contributed by atoms with E-state index in [0.717, 1.165) is 17.8 Å². The largest absolute Gasteiger partial charge is 0.549 e. The van der Waals surface area contributed by atoms with Crippen LogP contribution in [0, 0.1) is 10.1 Å². The van der Waals surface area contributed by atoms with E-state index < -0.39 is 22.6 Å². The highest BCUT2D eigenvalue weighted by Gasteiger charge is 2.18. The van der Waals surface area contributed by atoms with E-state index >= 15 is 0 Å². The molecule has 0 aliphatic rings. The van der Waals surface area contributed by atoms with Crippen molar-refractivity contribution in [3.05, 3.63) is 58.1 Å². The number of benzene rings is 2. The van der Waals surface area contributed by atoms with E-state index in [1.807, 2.05) is 0 Å². The van der Waals surface area contributed by atoms with Crippen LogP contribution in [-0.4, -0.2) is 29.7 Å². The van der Waals surface area contributed by atoms with Crippen LogP contribution >= 0.6 is 11.8 Å². The van der Waals surface area contributed by atoms with Crippen LogP contribution in [0.3, 0.4) is 0 Å². The van der Waals surface area contributed by atoms with E-state index in [2.05, 4.69) is 5.32 Å². The predicted molar refractivity (Wildman–Crippen MR) is 89.8 cm³/mol. The third-order valence-electron chi connectivity index (χ3n) is 3.12. The first-order chi connectivity index (χ1) is 11.9. The Balaban J connectivity index is 2.26. The van der Waals surface area contributed by atoms with Crippen LogP contribution in [-0.2, 0) is 4.79 Å². The number of nitrogens with zero attached hydrogens (tertiary/aromatic N) is 1. The summed E-state index contributed by atoms with van der Waals surface area (Å²) in [6, 6.07) is 10.6. The number of rotatable bonds is 7. The number of para-hydroxylation sites is 2. The molecule has 1 N–H and O–H groups in total. The number of nitro groups is 1. The molecule has 2 aromatic rings. The van der Waals surface area contributed by atoms with Gasteiger partial charge in [0.25, 0.3) is 11.6 Å². The van der Waals surface area contributed by atoms with Crippen LogP contribution in [0.2, 0.25) is 0 Å². The molecule has 0 atom stereocenters. The first-order valence-electron chi connectivity index (χ1n) is 6.98. The standard InChI is InChI=1S/C16H14N2O6S/c1-24-13-5-3-2-4-11(13)17-16(21)10-6-7-14(25-9-15(19)20)12(8-10)18(22)23/h2-8H,9H2,1H3,(H,17,21)(H,19,20)/p-1. The maximum absolute atomic E-state index is 12.3. The van der Waals surface area contributed by atoms with Crippen LogP contribution in [0.4, 0.5) is 11.4 Å². The Labute approximate surface area is 147 Å². The van der Waals surface area contributed by atoms with Crippen molar-refractivity contribution >= 4 is 35.0 Å². The number of carbonyl (C=O) groups is 2. The summed E-state index contributed by atoms with van der Waals surface area (Å²) in [5.74, 6) is -1.86.